The maximum Gasteiger partial charge on any atom is 0.330 e. The largest absolute Gasteiger partial charge is 0.454 e. The Morgan fingerprint density at radius 1 is 0.679 bits per heavy atom. The van der Waals surface area contributed by atoms with Gasteiger partial charge in [0.1, 0.15) is 18.3 Å². The van der Waals surface area contributed by atoms with Crippen molar-refractivity contribution < 1.29 is 38.0 Å². The lowest BCUT2D eigenvalue weighted by molar-refractivity contribution is -0.159. The van der Waals surface area contributed by atoms with Crippen LogP contribution < -0.4 is 0 Å². The number of hydrogen-bond donors (Lipinski definition) is 0. The second kappa shape index (κ2) is 19.3. The van der Waals surface area contributed by atoms with Gasteiger partial charge in [-0.05, 0) is 27.7 Å². The van der Waals surface area contributed by atoms with Gasteiger partial charge in [0, 0.05) is 32.5 Å². The minimum atomic E-state index is -0.595. The topological polar surface area (TPSA) is 81.7 Å². The van der Waals surface area contributed by atoms with E-state index in [-0.39, 0.29) is 25.4 Å². The zero-order valence-electron chi connectivity index (χ0n) is 17.9. The van der Waals surface area contributed by atoms with Crippen LogP contribution in [-0.4, -0.2) is 90.4 Å². The molecule has 0 amide bonds. The average molecular weight is 407 g/mol. The molecule has 0 aromatic rings. The first-order valence-corrected chi connectivity index (χ1v) is 9.98. The molecule has 0 radical (unpaired) electrons. The molecule has 28 heavy (non-hydrogen) atoms. The van der Waals surface area contributed by atoms with E-state index in [0.29, 0.717) is 52.9 Å². The number of esters is 1. The van der Waals surface area contributed by atoms with Crippen molar-refractivity contribution in [3.8, 4) is 0 Å². The third-order valence-electron chi connectivity index (χ3n) is 3.52. The van der Waals surface area contributed by atoms with E-state index in [4.69, 9.17) is 33.2 Å². The molecule has 0 bridgehead atoms. The van der Waals surface area contributed by atoms with Gasteiger partial charge < -0.3 is 33.2 Å². The molecule has 8 nitrogen and oxygen atoms in total. The van der Waals surface area contributed by atoms with Crippen LogP contribution in [0.25, 0.3) is 0 Å². The summed E-state index contributed by atoms with van der Waals surface area (Å²) in [5, 5.41) is 0. The summed E-state index contributed by atoms with van der Waals surface area (Å²) in [7, 11) is 0. The minimum absolute atomic E-state index is 0.153. The molecule has 8 heteroatoms. The van der Waals surface area contributed by atoms with Gasteiger partial charge in [-0.25, -0.2) is 4.79 Å². The quantitative estimate of drug-likeness (QED) is 0.224. The molecule has 0 aromatic heterocycles. The first kappa shape index (κ1) is 27.0. The monoisotopic (exact) mass is 406 g/mol. The summed E-state index contributed by atoms with van der Waals surface area (Å²) in [4.78, 5) is 11.6. The highest BCUT2D eigenvalue weighted by atomic mass is 16.6. The highest BCUT2D eigenvalue weighted by molar-refractivity contribution is 5.81. The van der Waals surface area contributed by atoms with E-state index in [1.54, 1.807) is 0 Å². The van der Waals surface area contributed by atoms with Crippen molar-refractivity contribution in [2.75, 3.05) is 66.1 Å². The average Bonchev–Trinajstić information content (AvgIpc) is 2.71. The maximum absolute atomic E-state index is 11.6. The van der Waals surface area contributed by atoms with Crippen LogP contribution in [0.3, 0.4) is 0 Å². The van der Waals surface area contributed by atoms with Crippen molar-refractivity contribution in [3.63, 3.8) is 0 Å². The molecule has 0 atom stereocenters. The molecule has 0 heterocycles. The van der Waals surface area contributed by atoms with Crippen molar-refractivity contribution >= 4 is 5.97 Å². The van der Waals surface area contributed by atoms with Crippen LogP contribution in [0.1, 0.15) is 27.7 Å². The molecule has 0 fully saturated rings. The molecule has 0 aliphatic rings. The van der Waals surface area contributed by atoms with Crippen LogP contribution >= 0.6 is 0 Å². The summed E-state index contributed by atoms with van der Waals surface area (Å²) < 4.78 is 38.7. The van der Waals surface area contributed by atoms with Crippen LogP contribution in [0, 0.1) is 0 Å². The molecule has 0 saturated carbocycles. The third kappa shape index (κ3) is 15.0. The van der Waals surface area contributed by atoms with Crippen LogP contribution in [0.4, 0.5) is 0 Å². The van der Waals surface area contributed by atoms with Gasteiger partial charge in [0.25, 0.3) is 0 Å². The van der Waals surface area contributed by atoms with Crippen molar-refractivity contribution in [2.24, 2.45) is 0 Å². The molecule has 0 aliphatic heterocycles. The van der Waals surface area contributed by atoms with Gasteiger partial charge in [-0.2, -0.15) is 0 Å². The molecule has 0 spiro atoms. The number of carbonyl (C=O) groups excluding carboxylic acids is 1. The van der Waals surface area contributed by atoms with Crippen molar-refractivity contribution in [3.05, 3.63) is 12.7 Å². The Hall–Kier alpha value is -1.03. The fourth-order valence-electron chi connectivity index (χ4n) is 2.10. The summed E-state index contributed by atoms with van der Waals surface area (Å²) in [6, 6.07) is 0. The fraction of sp³-hybridized carbons (Fsp3) is 0.850. The van der Waals surface area contributed by atoms with Crippen LogP contribution in [0.5, 0.6) is 0 Å². The lowest BCUT2D eigenvalue weighted by Crippen LogP contribution is -2.36. The van der Waals surface area contributed by atoms with Gasteiger partial charge in [-0.1, -0.05) is 6.58 Å². The summed E-state index contributed by atoms with van der Waals surface area (Å²) in [6.45, 7) is 15.3. The summed E-state index contributed by atoms with van der Waals surface area (Å²) in [5.74, 6) is -0.533. The van der Waals surface area contributed by atoms with Crippen LogP contribution in [0.15, 0.2) is 12.7 Å². The van der Waals surface area contributed by atoms with E-state index in [9.17, 15) is 4.79 Å². The molecular weight excluding hydrogens is 368 g/mol. The fourth-order valence-corrected chi connectivity index (χ4v) is 2.10. The second-order valence-corrected chi connectivity index (χ2v) is 5.81. The SMILES string of the molecule is C=CC(=O)OC(COC(COCC)COCC)COC(COCC)COCC. The summed E-state index contributed by atoms with van der Waals surface area (Å²) in [6.07, 6.45) is 0.00454. The van der Waals surface area contributed by atoms with E-state index in [1.165, 1.54) is 0 Å². The van der Waals surface area contributed by atoms with E-state index < -0.39 is 12.1 Å². The smallest absolute Gasteiger partial charge is 0.330 e. The van der Waals surface area contributed by atoms with Gasteiger partial charge in [0.05, 0.1) is 39.6 Å². The normalized spacial score (nSPS) is 11.5. The molecule has 166 valence electrons. The Balaban J connectivity index is 4.69. The first-order valence-electron chi connectivity index (χ1n) is 9.98. The third-order valence-corrected chi connectivity index (χ3v) is 3.52. The van der Waals surface area contributed by atoms with Gasteiger partial charge in [0.2, 0.25) is 0 Å². The van der Waals surface area contributed by atoms with E-state index in [0.717, 1.165) is 6.08 Å². The highest BCUT2D eigenvalue weighted by Gasteiger charge is 2.20. The Morgan fingerprint density at radius 3 is 1.32 bits per heavy atom. The lowest BCUT2D eigenvalue weighted by atomic mass is 10.3. The Kier molecular flexibility index (Phi) is 18.6. The first-order chi connectivity index (χ1) is 13.6. The number of carbonyl (C=O) groups is 1. The minimum Gasteiger partial charge on any atom is -0.454 e. The predicted molar refractivity (Wildman–Crippen MR) is 106 cm³/mol. The summed E-state index contributed by atoms with van der Waals surface area (Å²) >= 11 is 0. The Bertz CT molecular complexity index is 337. The van der Waals surface area contributed by atoms with Gasteiger partial charge in [-0.15, -0.1) is 0 Å². The molecule has 0 N–H and O–H groups in total. The lowest BCUT2D eigenvalue weighted by Gasteiger charge is -2.24. The number of hydrogen-bond acceptors (Lipinski definition) is 8. The summed E-state index contributed by atoms with van der Waals surface area (Å²) in [5.41, 5.74) is 0. The Morgan fingerprint density at radius 2 is 1.04 bits per heavy atom. The molecular formula is C20H38O8. The molecule has 0 aromatic carbocycles. The second-order valence-electron chi connectivity index (χ2n) is 5.81. The van der Waals surface area contributed by atoms with Gasteiger partial charge in [0.15, 0.2) is 0 Å². The van der Waals surface area contributed by atoms with Crippen molar-refractivity contribution in [1.29, 1.82) is 0 Å². The standard InChI is InChI=1S/C20H38O8/c1-6-20(21)28-19(15-26-17(11-22-7-2)12-23-8-3)16-27-18(13-24-9-4)14-25-10-5/h6,17-19H,1,7-16H2,2-5H3. The number of ether oxygens (including phenoxy) is 7. The Labute approximate surface area is 169 Å². The van der Waals surface area contributed by atoms with Crippen LogP contribution in [0.2, 0.25) is 0 Å². The highest BCUT2D eigenvalue weighted by Crippen LogP contribution is 2.05. The van der Waals surface area contributed by atoms with E-state index >= 15 is 0 Å². The van der Waals surface area contributed by atoms with Gasteiger partial charge in [-0.3, -0.25) is 0 Å². The maximum atomic E-state index is 11.6. The molecule has 0 saturated heterocycles. The van der Waals surface area contributed by atoms with Crippen molar-refractivity contribution in [1.82, 2.24) is 0 Å². The zero-order valence-corrected chi connectivity index (χ0v) is 17.9. The molecule has 0 aliphatic carbocycles. The molecule has 0 rings (SSSR count). The number of rotatable bonds is 20. The van der Waals surface area contributed by atoms with Gasteiger partial charge >= 0.3 is 5.97 Å². The van der Waals surface area contributed by atoms with E-state index in [1.807, 2.05) is 27.7 Å². The van der Waals surface area contributed by atoms with Crippen LogP contribution in [-0.2, 0) is 38.0 Å². The predicted octanol–water partition coefficient (Wildman–Crippen LogP) is 2.00. The molecule has 0 unspecified atom stereocenters. The zero-order chi connectivity index (χ0) is 21.0. The van der Waals surface area contributed by atoms with E-state index in [2.05, 4.69) is 6.58 Å². The van der Waals surface area contributed by atoms with Crippen molar-refractivity contribution in [2.45, 2.75) is 46.0 Å².